The maximum absolute atomic E-state index is 11.9. The van der Waals surface area contributed by atoms with Crippen molar-refractivity contribution in [2.45, 2.75) is 32.9 Å². The molecule has 38 heavy (non-hydrogen) atoms. The lowest BCUT2D eigenvalue weighted by atomic mass is 10.1. The Kier molecular flexibility index (Phi) is 10.1. The van der Waals surface area contributed by atoms with E-state index in [2.05, 4.69) is 81.9 Å². The van der Waals surface area contributed by atoms with Crippen molar-refractivity contribution in [3.8, 4) is 5.75 Å². The van der Waals surface area contributed by atoms with E-state index < -0.39 is 0 Å². The molecule has 198 valence electrons. The maximum atomic E-state index is 11.9. The standard InChI is InChI=1S/C31H37N5O2/c1-24(2)36(19-15-27-21-35-30-8-4-3-7-29(27)30)22-26-9-12-28(13-10-26)38-23-33-17-18-34-31(37)14-11-25-6-5-16-32-20-25/h3-14,16,20-21,24,33,35H,15,17-19,22-23H2,1-2H3,(H,34,37)/b14-11+. The highest BCUT2D eigenvalue weighted by atomic mass is 16.5. The molecular weight excluding hydrogens is 474 g/mol. The van der Waals surface area contributed by atoms with Gasteiger partial charge in [0, 0.05) is 67.8 Å². The van der Waals surface area contributed by atoms with Gasteiger partial charge in [-0.1, -0.05) is 36.4 Å². The number of fused-ring (bicyclic) bond motifs is 1. The van der Waals surface area contributed by atoms with Crippen LogP contribution in [0, 0.1) is 0 Å². The van der Waals surface area contributed by atoms with E-state index in [0.29, 0.717) is 25.9 Å². The second-order valence-corrected chi connectivity index (χ2v) is 9.52. The first kappa shape index (κ1) is 27.1. The molecule has 7 heteroatoms. The van der Waals surface area contributed by atoms with Gasteiger partial charge in [-0.05, 0) is 67.3 Å². The van der Waals surface area contributed by atoms with E-state index in [1.807, 2.05) is 24.3 Å². The largest absolute Gasteiger partial charge is 0.478 e. The fraction of sp³-hybridized carbons (Fsp3) is 0.290. The molecule has 0 saturated heterocycles. The average Bonchev–Trinajstić information content (AvgIpc) is 3.36. The third-order valence-corrected chi connectivity index (χ3v) is 6.44. The first-order valence-electron chi connectivity index (χ1n) is 13.2. The number of benzene rings is 2. The average molecular weight is 512 g/mol. The fourth-order valence-corrected chi connectivity index (χ4v) is 4.23. The summed E-state index contributed by atoms with van der Waals surface area (Å²) in [6, 6.07) is 21.0. The Morgan fingerprint density at radius 3 is 2.71 bits per heavy atom. The van der Waals surface area contributed by atoms with Crippen molar-refractivity contribution in [2.75, 3.05) is 26.4 Å². The molecule has 0 spiro atoms. The van der Waals surface area contributed by atoms with Crippen molar-refractivity contribution in [3.05, 3.63) is 102 Å². The second kappa shape index (κ2) is 14.1. The number of nitrogens with zero attached hydrogens (tertiary/aromatic N) is 2. The van der Waals surface area contributed by atoms with E-state index in [-0.39, 0.29) is 5.91 Å². The van der Waals surface area contributed by atoms with Gasteiger partial charge in [-0.25, -0.2) is 0 Å². The predicted octanol–water partition coefficient (Wildman–Crippen LogP) is 4.77. The lowest BCUT2D eigenvalue weighted by molar-refractivity contribution is -0.116. The van der Waals surface area contributed by atoms with Gasteiger partial charge < -0.3 is 15.0 Å². The van der Waals surface area contributed by atoms with Gasteiger partial charge in [0.1, 0.15) is 12.5 Å². The van der Waals surface area contributed by atoms with E-state index in [1.165, 1.54) is 28.1 Å². The van der Waals surface area contributed by atoms with E-state index >= 15 is 0 Å². The Hall–Kier alpha value is -3.94. The minimum Gasteiger partial charge on any atom is -0.478 e. The number of nitrogens with one attached hydrogen (secondary N) is 3. The Morgan fingerprint density at radius 1 is 1.08 bits per heavy atom. The predicted molar refractivity (Wildman–Crippen MR) is 154 cm³/mol. The molecule has 7 nitrogen and oxygen atoms in total. The topological polar surface area (TPSA) is 82.3 Å². The van der Waals surface area contributed by atoms with E-state index in [4.69, 9.17) is 4.74 Å². The minimum absolute atomic E-state index is 0.135. The van der Waals surface area contributed by atoms with Gasteiger partial charge in [0.25, 0.3) is 0 Å². The molecule has 0 unspecified atom stereocenters. The van der Waals surface area contributed by atoms with Crippen LogP contribution in [0.4, 0.5) is 0 Å². The number of amides is 1. The number of carbonyl (C=O) groups is 1. The Labute approximate surface area is 224 Å². The zero-order valence-electron chi connectivity index (χ0n) is 22.2. The summed E-state index contributed by atoms with van der Waals surface area (Å²) in [4.78, 5) is 21.8. The summed E-state index contributed by atoms with van der Waals surface area (Å²) in [5.74, 6) is 0.684. The van der Waals surface area contributed by atoms with Crippen LogP contribution in [-0.4, -0.2) is 53.2 Å². The fourth-order valence-electron chi connectivity index (χ4n) is 4.23. The summed E-state index contributed by atoms with van der Waals surface area (Å²) in [5.41, 5.74) is 4.72. The molecular formula is C31H37N5O2. The minimum atomic E-state index is -0.135. The van der Waals surface area contributed by atoms with Gasteiger partial charge in [0.15, 0.2) is 0 Å². The first-order chi connectivity index (χ1) is 18.6. The van der Waals surface area contributed by atoms with Crippen LogP contribution < -0.4 is 15.4 Å². The Morgan fingerprint density at radius 2 is 1.92 bits per heavy atom. The number of pyridine rings is 1. The Bertz CT molecular complexity index is 1300. The molecule has 0 aliphatic rings. The highest BCUT2D eigenvalue weighted by Gasteiger charge is 2.12. The number of rotatable bonds is 14. The molecule has 0 aliphatic heterocycles. The van der Waals surface area contributed by atoms with Gasteiger partial charge in [0.05, 0.1) is 0 Å². The quantitative estimate of drug-likeness (QED) is 0.129. The summed E-state index contributed by atoms with van der Waals surface area (Å²) in [6.07, 6.45) is 9.81. The van der Waals surface area contributed by atoms with Gasteiger partial charge in [-0.2, -0.15) is 0 Å². The van der Waals surface area contributed by atoms with Gasteiger partial charge in [0.2, 0.25) is 5.91 Å². The number of hydrogen-bond acceptors (Lipinski definition) is 5. The lowest BCUT2D eigenvalue weighted by Gasteiger charge is -2.26. The van der Waals surface area contributed by atoms with Crippen molar-refractivity contribution in [1.82, 2.24) is 25.5 Å². The molecule has 0 saturated carbocycles. The molecule has 2 aromatic carbocycles. The zero-order chi connectivity index (χ0) is 26.6. The van der Waals surface area contributed by atoms with Crippen LogP contribution in [-0.2, 0) is 17.8 Å². The third kappa shape index (κ3) is 8.30. The smallest absolute Gasteiger partial charge is 0.244 e. The molecule has 0 atom stereocenters. The summed E-state index contributed by atoms with van der Waals surface area (Å²) in [6.45, 7) is 7.90. The number of H-pyrrole nitrogens is 1. The molecule has 0 fully saturated rings. The van der Waals surface area contributed by atoms with Crippen LogP contribution in [0.5, 0.6) is 5.75 Å². The number of para-hydroxylation sites is 1. The third-order valence-electron chi connectivity index (χ3n) is 6.44. The van der Waals surface area contributed by atoms with Crippen LogP contribution >= 0.6 is 0 Å². The highest BCUT2D eigenvalue weighted by Crippen LogP contribution is 2.20. The van der Waals surface area contributed by atoms with Crippen molar-refractivity contribution in [3.63, 3.8) is 0 Å². The number of aromatic nitrogens is 2. The van der Waals surface area contributed by atoms with Crippen LogP contribution in [0.25, 0.3) is 17.0 Å². The summed E-state index contributed by atoms with van der Waals surface area (Å²) in [5, 5.41) is 7.34. The van der Waals surface area contributed by atoms with Crippen LogP contribution in [0.2, 0.25) is 0 Å². The first-order valence-corrected chi connectivity index (χ1v) is 13.2. The molecule has 0 aliphatic carbocycles. The molecule has 3 N–H and O–H groups in total. The number of carbonyl (C=O) groups excluding carboxylic acids is 1. The molecule has 0 radical (unpaired) electrons. The van der Waals surface area contributed by atoms with E-state index in [0.717, 1.165) is 30.8 Å². The number of ether oxygens (including phenoxy) is 1. The van der Waals surface area contributed by atoms with Crippen molar-refractivity contribution in [2.24, 2.45) is 0 Å². The molecule has 4 rings (SSSR count). The van der Waals surface area contributed by atoms with E-state index in [9.17, 15) is 4.79 Å². The molecule has 4 aromatic rings. The molecule has 0 bridgehead atoms. The monoisotopic (exact) mass is 511 g/mol. The van der Waals surface area contributed by atoms with E-state index in [1.54, 1.807) is 18.5 Å². The van der Waals surface area contributed by atoms with Crippen molar-refractivity contribution < 1.29 is 9.53 Å². The van der Waals surface area contributed by atoms with Gasteiger partial charge in [-0.3, -0.25) is 20.0 Å². The summed E-state index contributed by atoms with van der Waals surface area (Å²) < 4.78 is 5.80. The molecule has 2 aromatic heterocycles. The van der Waals surface area contributed by atoms with Gasteiger partial charge in [-0.15, -0.1) is 0 Å². The molecule has 2 heterocycles. The normalized spacial score (nSPS) is 11.6. The van der Waals surface area contributed by atoms with Crippen molar-refractivity contribution in [1.29, 1.82) is 0 Å². The number of hydrogen-bond donors (Lipinski definition) is 3. The van der Waals surface area contributed by atoms with Crippen molar-refractivity contribution >= 4 is 22.9 Å². The van der Waals surface area contributed by atoms with Crippen LogP contribution in [0.15, 0.2) is 85.3 Å². The molecule has 1 amide bonds. The Balaban J connectivity index is 1.14. The summed E-state index contributed by atoms with van der Waals surface area (Å²) in [7, 11) is 0. The van der Waals surface area contributed by atoms with Gasteiger partial charge >= 0.3 is 0 Å². The van der Waals surface area contributed by atoms with Crippen LogP contribution in [0.3, 0.4) is 0 Å². The number of aromatic amines is 1. The maximum Gasteiger partial charge on any atom is 0.244 e. The highest BCUT2D eigenvalue weighted by molar-refractivity contribution is 5.91. The SMILES string of the molecule is CC(C)N(CCc1c[nH]c2ccccc12)Cc1ccc(OCNCCNC(=O)/C=C/c2cccnc2)cc1. The zero-order valence-corrected chi connectivity index (χ0v) is 22.2. The summed E-state index contributed by atoms with van der Waals surface area (Å²) >= 11 is 0. The lowest BCUT2D eigenvalue weighted by Crippen LogP contribution is -2.32. The van der Waals surface area contributed by atoms with Crippen LogP contribution in [0.1, 0.15) is 30.5 Å². The second-order valence-electron chi connectivity index (χ2n) is 9.52.